The average Bonchev–Trinajstić information content (AvgIpc) is 2.83. The standard InChI is InChI=1S/C28H33NO2/c1-3-23-12-14-25(15-13-23)28(30,26-11-7-8-22(2)20-26)27(24-9-5-4-6-10-24)21-29-16-18-31-19-17-29/h4-15,20,27,30H,3,16-19,21H2,1-2H3/t27-,28-/m1/s1. The number of ether oxygens (including phenoxy) is 1. The van der Waals surface area contributed by atoms with Gasteiger partial charge in [0, 0.05) is 25.6 Å². The van der Waals surface area contributed by atoms with E-state index in [2.05, 4.69) is 85.5 Å². The molecule has 3 aromatic rings. The van der Waals surface area contributed by atoms with Crippen molar-refractivity contribution in [1.29, 1.82) is 0 Å². The number of nitrogens with zero attached hydrogens (tertiary/aromatic N) is 1. The van der Waals surface area contributed by atoms with E-state index in [1.165, 1.54) is 5.56 Å². The van der Waals surface area contributed by atoms with Gasteiger partial charge in [0.25, 0.3) is 0 Å². The molecule has 3 nitrogen and oxygen atoms in total. The summed E-state index contributed by atoms with van der Waals surface area (Å²) in [6.07, 6.45) is 0.985. The maximum absolute atomic E-state index is 12.6. The molecular weight excluding hydrogens is 382 g/mol. The van der Waals surface area contributed by atoms with Crippen LogP contribution in [0.1, 0.15) is 40.7 Å². The van der Waals surface area contributed by atoms with Crippen molar-refractivity contribution in [3.05, 3.63) is 107 Å². The second-order valence-electron chi connectivity index (χ2n) is 8.56. The molecule has 0 radical (unpaired) electrons. The van der Waals surface area contributed by atoms with E-state index in [1.54, 1.807) is 0 Å². The molecule has 0 unspecified atom stereocenters. The molecule has 1 N–H and O–H groups in total. The lowest BCUT2D eigenvalue weighted by molar-refractivity contribution is 0.000742. The van der Waals surface area contributed by atoms with Gasteiger partial charge in [-0.3, -0.25) is 4.90 Å². The van der Waals surface area contributed by atoms with Crippen LogP contribution in [0, 0.1) is 6.92 Å². The van der Waals surface area contributed by atoms with Crippen LogP contribution >= 0.6 is 0 Å². The zero-order chi connectivity index (χ0) is 21.7. The fourth-order valence-electron chi connectivity index (χ4n) is 4.65. The largest absolute Gasteiger partial charge is 0.380 e. The lowest BCUT2D eigenvalue weighted by Gasteiger charge is -2.41. The van der Waals surface area contributed by atoms with Gasteiger partial charge in [-0.05, 0) is 35.6 Å². The first-order valence-electron chi connectivity index (χ1n) is 11.3. The second-order valence-corrected chi connectivity index (χ2v) is 8.56. The van der Waals surface area contributed by atoms with E-state index < -0.39 is 5.60 Å². The van der Waals surface area contributed by atoms with Gasteiger partial charge < -0.3 is 9.84 Å². The Bertz CT molecular complexity index is 964. The van der Waals surface area contributed by atoms with Crippen LogP contribution in [-0.2, 0) is 16.8 Å². The number of aryl methyl sites for hydroxylation is 2. The summed E-state index contributed by atoms with van der Waals surface area (Å²) in [5.41, 5.74) is 4.32. The molecule has 1 saturated heterocycles. The summed E-state index contributed by atoms with van der Waals surface area (Å²) in [5.74, 6) is -0.110. The maximum Gasteiger partial charge on any atom is 0.123 e. The number of aliphatic hydroxyl groups is 1. The van der Waals surface area contributed by atoms with Crippen LogP contribution in [0.2, 0.25) is 0 Å². The molecule has 3 aromatic carbocycles. The minimum absolute atomic E-state index is 0.110. The van der Waals surface area contributed by atoms with Gasteiger partial charge in [0.2, 0.25) is 0 Å². The van der Waals surface area contributed by atoms with Crippen LogP contribution in [0.4, 0.5) is 0 Å². The third-order valence-electron chi connectivity index (χ3n) is 6.51. The molecule has 0 bridgehead atoms. The third kappa shape index (κ3) is 4.74. The van der Waals surface area contributed by atoms with Crippen LogP contribution in [0.25, 0.3) is 0 Å². The van der Waals surface area contributed by atoms with E-state index in [9.17, 15) is 5.11 Å². The SMILES string of the molecule is CCc1ccc([C@@](O)(c2cccc(C)c2)[C@H](CN2CCOCC2)c2ccccc2)cc1. The van der Waals surface area contributed by atoms with Crippen molar-refractivity contribution in [2.24, 2.45) is 0 Å². The summed E-state index contributed by atoms with van der Waals surface area (Å²) in [7, 11) is 0. The van der Waals surface area contributed by atoms with Crippen molar-refractivity contribution in [1.82, 2.24) is 4.90 Å². The number of rotatable bonds is 7. The molecule has 1 heterocycles. The van der Waals surface area contributed by atoms with E-state index in [4.69, 9.17) is 4.74 Å². The highest BCUT2D eigenvalue weighted by Gasteiger charge is 2.42. The van der Waals surface area contributed by atoms with Crippen LogP contribution in [-0.4, -0.2) is 42.9 Å². The normalized spacial score (nSPS) is 17.8. The molecule has 1 aliphatic rings. The van der Waals surface area contributed by atoms with E-state index >= 15 is 0 Å². The summed E-state index contributed by atoms with van der Waals surface area (Å²) < 4.78 is 5.58. The highest BCUT2D eigenvalue weighted by Crippen LogP contribution is 2.43. The topological polar surface area (TPSA) is 32.7 Å². The molecule has 4 rings (SSSR count). The molecule has 0 amide bonds. The third-order valence-corrected chi connectivity index (χ3v) is 6.51. The van der Waals surface area contributed by atoms with Gasteiger partial charge in [-0.25, -0.2) is 0 Å². The molecule has 3 heteroatoms. The molecule has 1 aliphatic heterocycles. The van der Waals surface area contributed by atoms with Gasteiger partial charge in [-0.15, -0.1) is 0 Å². The summed E-state index contributed by atoms with van der Waals surface area (Å²) in [6, 6.07) is 27.3. The van der Waals surface area contributed by atoms with Gasteiger partial charge in [0.05, 0.1) is 13.2 Å². The van der Waals surface area contributed by atoms with Crippen molar-refractivity contribution in [2.75, 3.05) is 32.8 Å². The van der Waals surface area contributed by atoms with E-state index in [0.29, 0.717) is 0 Å². The van der Waals surface area contributed by atoms with Gasteiger partial charge in [-0.2, -0.15) is 0 Å². The van der Waals surface area contributed by atoms with Crippen LogP contribution < -0.4 is 0 Å². The number of benzene rings is 3. The van der Waals surface area contributed by atoms with Gasteiger partial charge in [0.15, 0.2) is 0 Å². The van der Waals surface area contributed by atoms with Crippen molar-refractivity contribution in [3.8, 4) is 0 Å². The quantitative estimate of drug-likeness (QED) is 0.595. The zero-order valence-electron chi connectivity index (χ0n) is 18.6. The Morgan fingerprint density at radius 1 is 0.903 bits per heavy atom. The van der Waals surface area contributed by atoms with Gasteiger partial charge in [0.1, 0.15) is 5.60 Å². The smallest absolute Gasteiger partial charge is 0.123 e. The molecular formula is C28H33NO2. The summed E-state index contributed by atoms with van der Waals surface area (Å²) in [4.78, 5) is 2.42. The first kappa shape index (κ1) is 21.8. The number of morpholine rings is 1. The molecule has 0 saturated carbocycles. The minimum Gasteiger partial charge on any atom is -0.380 e. The Kier molecular flexibility index (Phi) is 6.86. The van der Waals surface area contributed by atoms with Crippen molar-refractivity contribution < 1.29 is 9.84 Å². The Morgan fingerprint density at radius 3 is 2.26 bits per heavy atom. The first-order chi connectivity index (χ1) is 15.1. The Balaban J connectivity index is 1.86. The number of hydrogen-bond acceptors (Lipinski definition) is 3. The zero-order valence-corrected chi connectivity index (χ0v) is 18.6. The monoisotopic (exact) mass is 415 g/mol. The van der Waals surface area contributed by atoms with E-state index in [0.717, 1.165) is 61.5 Å². The van der Waals surface area contributed by atoms with Crippen molar-refractivity contribution in [2.45, 2.75) is 31.8 Å². The molecule has 0 aromatic heterocycles. The Morgan fingerprint density at radius 2 is 1.61 bits per heavy atom. The summed E-state index contributed by atoms with van der Waals surface area (Å²) in [5, 5.41) is 12.6. The van der Waals surface area contributed by atoms with Crippen LogP contribution in [0.15, 0.2) is 78.9 Å². The lowest BCUT2D eigenvalue weighted by atomic mass is 9.72. The molecule has 31 heavy (non-hydrogen) atoms. The van der Waals surface area contributed by atoms with E-state index in [1.807, 2.05) is 12.1 Å². The van der Waals surface area contributed by atoms with E-state index in [-0.39, 0.29) is 5.92 Å². The molecule has 2 atom stereocenters. The minimum atomic E-state index is -1.14. The lowest BCUT2D eigenvalue weighted by Crippen LogP contribution is -2.45. The van der Waals surface area contributed by atoms with Gasteiger partial charge >= 0.3 is 0 Å². The van der Waals surface area contributed by atoms with Crippen molar-refractivity contribution in [3.63, 3.8) is 0 Å². The second kappa shape index (κ2) is 9.78. The Hall–Kier alpha value is -2.46. The fraction of sp³-hybridized carbons (Fsp3) is 0.357. The predicted molar refractivity (Wildman–Crippen MR) is 126 cm³/mol. The average molecular weight is 416 g/mol. The summed E-state index contributed by atoms with van der Waals surface area (Å²) in [6.45, 7) is 8.29. The predicted octanol–water partition coefficient (Wildman–Crippen LogP) is 4.91. The summed E-state index contributed by atoms with van der Waals surface area (Å²) >= 11 is 0. The molecule has 0 aliphatic carbocycles. The van der Waals surface area contributed by atoms with Crippen LogP contribution in [0.5, 0.6) is 0 Å². The molecule has 0 spiro atoms. The number of hydrogen-bond donors (Lipinski definition) is 1. The van der Waals surface area contributed by atoms with Gasteiger partial charge in [-0.1, -0.05) is 91.3 Å². The first-order valence-corrected chi connectivity index (χ1v) is 11.3. The Labute approximate surface area is 186 Å². The molecule has 1 fully saturated rings. The highest BCUT2D eigenvalue weighted by atomic mass is 16.5. The van der Waals surface area contributed by atoms with Crippen LogP contribution in [0.3, 0.4) is 0 Å². The molecule has 162 valence electrons. The maximum atomic E-state index is 12.6. The highest BCUT2D eigenvalue weighted by molar-refractivity contribution is 5.44. The fourth-order valence-corrected chi connectivity index (χ4v) is 4.65. The van der Waals surface area contributed by atoms with Crippen molar-refractivity contribution >= 4 is 0 Å².